The second-order valence-corrected chi connectivity index (χ2v) is 5.89. The zero-order valence-corrected chi connectivity index (χ0v) is 13.8. The zero-order valence-electron chi connectivity index (χ0n) is 13.0. The Kier molecular flexibility index (Phi) is 4.57. The fourth-order valence-electron chi connectivity index (χ4n) is 2.33. The molecule has 1 aromatic carbocycles. The standard InChI is InChI=1S/C17H15ClN4O2/c1-21-17(24)6-5-15(20-21)16(23)8-13-9-19-22(11-13)10-12-3-2-4-14(18)7-12/h2-7,9,11H,8,10H2,1H3. The Bertz CT molecular complexity index is 946. The van der Waals surface area contributed by atoms with E-state index in [2.05, 4.69) is 10.2 Å². The van der Waals surface area contributed by atoms with Gasteiger partial charge < -0.3 is 0 Å². The first-order chi connectivity index (χ1) is 11.5. The molecule has 0 amide bonds. The van der Waals surface area contributed by atoms with E-state index in [0.717, 1.165) is 15.8 Å². The van der Waals surface area contributed by atoms with E-state index in [9.17, 15) is 9.59 Å². The first-order valence-electron chi connectivity index (χ1n) is 7.34. The summed E-state index contributed by atoms with van der Waals surface area (Å²) in [5.74, 6) is -0.159. The first kappa shape index (κ1) is 16.1. The van der Waals surface area contributed by atoms with Crippen LogP contribution in [0, 0.1) is 0 Å². The molecular weight excluding hydrogens is 328 g/mol. The maximum atomic E-state index is 12.3. The molecule has 3 aromatic rings. The molecule has 0 spiro atoms. The van der Waals surface area contributed by atoms with E-state index in [0.29, 0.717) is 11.6 Å². The van der Waals surface area contributed by atoms with Crippen molar-refractivity contribution in [3.8, 4) is 0 Å². The van der Waals surface area contributed by atoms with Gasteiger partial charge >= 0.3 is 0 Å². The Morgan fingerprint density at radius 3 is 2.79 bits per heavy atom. The van der Waals surface area contributed by atoms with Crippen LogP contribution in [0.5, 0.6) is 0 Å². The molecule has 0 bridgehead atoms. The molecule has 7 heteroatoms. The van der Waals surface area contributed by atoms with Crippen LogP contribution in [0.1, 0.15) is 21.6 Å². The van der Waals surface area contributed by atoms with Crippen molar-refractivity contribution in [3.05, 3.63) is 81.0 Å². The highest BCUT2D eigenvalue weighted by Crippen LogP contribution is 2.12. The van der Waals surface area contributed by atoms with E-state index in [-0.39, 0.29) is 23.5 Å². The van der Waals surface area contributed by atoms with Gasteiger partial charge in [0.2, 0.25) is 0 Å². The Hall–Kier alpha value is -2.73. The van der Waals surface area contributed by atoms with Crippen molar-refractivity contribution in [2.45, 2.75) is 13.0 Å². The quantitative estimate of drug-likeness (QED) is 0.666. The van der Waals surface area contributed by atoms with Crippen LogP contribution in [-0.2, 0) is 20.0 Å². The maximum Gasteiger partial charge on any atom is 0.266 e. The Morgan fingerprint density at radius 2 is 2.04 bits per heavy atom. The molecule has 6 nitrogen and oxygen atoms in total. The highest BCUT2D eigenvalue weighted by atomic mass is 35.5. The largest absolute Gasteiger partial charge is 0.292 e. The molecule has 0 saturated carbocycles. The van der Waals surface area contributed by atoms with Gasteiger partial charge in [0.25, 0.3) is 5.56 Å². The second kappa shape index (κ2) is 6.80. The van der Waals surface area contributed by atoms with Gasteiger partial charge in [-0.15, -0.1) is 0 Å². The van der Waals surface area contributed by atoms with Crippen LogP contribution < -0.4 is 5.56 Å². The monoisotopic (exact) mass is 342 g/mol. The molecule has 0 aliphatic heterocycles. The van der Waals surface area contributed by atoms with E-state index in [1.54, 1.807) is 10.9 Å². The summed E-state index contributed by atoms with van der Waals surface area (Å²) in [5, 5.41) is 8.91. The summed E-state index contributed by atoms with van der Waals surface area (Å²) in [6.45, 7) is 0.576. The number of rotatable bonds is 5. The van der Waals surface area contributed by atoms with Gasteiger partial charge in [0.05, 0.1) is 12.7 Å². The minimum Gasteiger partial charge on any atom is -0.292 e. The smallest absolute Gasteiger partial charge is 0.266 e. The number of ketones is 1. The van der Waals surface area contributed by atoms with E-state index in [1.165, 1.54) is 19.2 Å². The third kappa shape index (κ3) is 3.78. The number of carbonyl (C=O) groups is 1. The number of aromatic nitrogens is 4. The van der Waals surface area contributed by atoms with Gasteiger partial charge in [-0.05, 0) is 29.3 Å². The van der Waals surface area contributed by atoms with Crippen molar-refractivity contribution in [3.63, 3.8) is 0 Å². The number of aryl methyl sites for hydroxylation is 1. The third-order valence-corrected chi connectivity index (χ3v) is 3.77. The Labute approximate surface area is 143 Å². The van der Waals surface area contributed by atoms with Gasteiger partial charge in [-0.1, -0.05) is 23.7 Å². The number of benzene rings is 1. The highest BCUT2D eigenvalue weighted by Gasteiger charge is 2.11. The molecule has 0 fully saturated rings. The van der Waals surface area contributed by atoms with Gasteiger partial charge in [0, 0.05) is 30.8 Å². The van der Waals surface area contributed by atoms with Gasteiger partial charge in [0.1, 0.15) is 5.69 Å². The molecule has 0 saturated heterocycles. The molecule has 0 unspecified atom stereocenters. The van der Waals surface area contributed by atoms with Crippen molar-refractivity contribution in [2.75, 3.05) is 0 Å². The SMILES string of the molecule is Cn1nc(C(=O)Cc2cnn(Cc3cccc(Cl)c3)c2)ccc1=O. The lowest BCUT2D eigenvalue weighted by Crippen LogP contribution is -2.21. The van der Waals surface area contributed by atoms with Crippen LogP contribution in [0.3, 0.4) is 0 Å². The summed E-state index contributed by atoms with van der Waals surface area (Å²) in [7, 11) is 1.52. The number of hydrogen-bond donors (Lipinski definition) is 0. The Balaban J connectivity index is 1.70. The minimum absolute atomic E-state index is 0.159. The molecule has 0 aliphatic rings. The normalized spacial score (nSPS) is 10.8. The number of Topliss-reactive ketones (excluding diaryl/α,β-unsaturated/α-hetero) is 1. The average Bonchev–Trinajstić information content (AvgIpc) is 2.97. The van der Waals surface area contributed by atoms with E-state index in [4.69, 9.17) is 11.6 Å². The number of carbonyl (C=O) groups excluding carboxylic acids is 1. The van der Waals surface area contributed by atoms with Crippen molar-refractivity contribution >= 4 is 17.4 Å². The van der Waals surface area contributed by atoms with Crippen molar-refractivity contribution in [1.82, 2.24) is 19.6 Å². The average molecular weight is 343 g/mol. The van der Waals surface area contributed by atoms with Crippen molar-refractivity contribution in [1.29, 1.82) is 0 Å². The number of hydrogen-bond acceptors (Lipinski definition) is 4. The Morgan fingerprint density at radius 1 is 1.21 bits per heavy atom. The molecule has 0 radical (unpaired) electrons. The topological polar surface area (TPSA) is 69.8 Å². The van der Waals surface area contributed by atoms with Crippen LogP contribution in [-0.4, -0.2) is 25.3 Å². The van der Waals surface area contributed by atoms with Crippen molar-refractivity contribution in [2.24, 2.45) is 7.05 Å². The summed E-state index contributed by atoms with van der Waals surface area (Å²) in [4.78, 5) is 23.6. The molecule has 24 heavy (non-hydrogen) atoms. The van der Waals surface area contributed by atoms with Gasteiger partial charge in [-0.3, -0.25) is 14.3 Å². The summed E-state index contributed by atoms with van der Waals surface area (Å²) >= 11 is 5.97. The molecule has 0 atom stereocenters. The third-order valence-electron chi connectivity index (χ3n) is 3.53. The molecule has 122 valence electrons. The second-order valence-electron chi connectivity index (χ2n) is 5.46. The molecule has 2 aromatic heterocycles. The molecular formula is C17H15ClN4O2. The maximum absolute atomic E-state index is 12.3. The minimum atomic E-state index is -0.249. The lowest BCUT2D eigenvalue weighted by molar-refractivity contribution is 0.0986. The van der Waals surface area contributed by atoms with E-state index < -0.39 is 0 Å². The van der Waals surface area contributed by atoms with Crippen LogP contribution in [0.15, 0.2) is 53.6 Å². The van der Waals surface area contributed by atoms with E-state index in [1.807, 2.05) is 30.5 Å². The molecule has 0 N–H and O–H groups in total. The van der Waals surface area contributed by atoms with Gasteiger partial charge in [-0.2, -0.15) is 10.2 Å². The molecule has 0 aliphatic carbocycles. The van der Waals surface area contributed by atoms with Crippen LogP contribution in [0.2, 0.25) is 5.02 Å². The highest BCUT2D eigenvalue weighted by molar-refractivity contribution is 6.30. The lowest BCUT2D eigenvalue weighted by atomic mass is 10.1. The van der Waals surface area contributed by atoms with Crippen LogP contribution in [0.4, 0.5) is 0 Å². The lowest BCUT2D eigenvalue weighted by Gasteiger charge is -2.02. The van der Waals surface area contributed by atoms with Crippen LogP contribution >= 0.6 is 11.6 Å². The predicted octanol–water partition coefficient (Wildman–Crippen LogP) is 2.10. The predicted molar refractivity (Wildman–Crippen MR) is 90.3 cm³/mol. The fraction of sp³-hybridized carbons (Fsp3) is 0.176. The van der Waals surface area contributed by atoms with Gasteiger partial charge in [0.15, 0.2) is 5.78 Å². The van der Waals surface area contributed by atoms with Gasteiger partial charge in [-0.25, -0.2) is 4.68 Å². The summed E-state index contributed by atoms with van der Waals surface area (Å²) < 4.78 is 2.90. The summed E-state index contributed by atoms with van der Waals surface area (Å²) in [5.41, 5.74) is 1.83. The molecule has 3 rings (SSSR count). The van der Waals surface area contributed by atoms with E-state index >= 15 is 0 Å². The number of halogens is 1. The summed E-state index contributed by atoms with van der Waals surface area (Å²) in [6.07, 6.45) is 3.66. The zero-order chi connectivity index (χ0) is 17.1. The van der Waals surface area contributed by atoms with Crippen molar-refractivity contribution < 1.29 is 4.79 Å². The fourth-order valence-corrected chi connectivity index (χ4v) is 2.55. The van der Waals surface area contributed by atoms with Crippen LogP contribution in [0.25, 0.3) is 0 Å². The molecule has 2 heterocycles. The first-order valence-corrected chi connectivity index (χ1v) is 7.72. The summed E-state index contributed by atoms with van der Waals surface area (Å²) in [6, 6.07) is 10.3. The number of nitrogens with zero attached hydrogens (tertiary/aromatic N) is 4.